The molecule has 2 aliphatic rings. The highest BCUT2D eigenvalue weighted by Gasteiger charge is 2.30. The third-order valence-electron chi connectivity index (χ3n) is 5.99. The van der Waals surface area contributed by atoms with Crippen molar-refractivity contribution < 1.29 is 18.7 Å². The summed E-state index contributed by atoms with van der Waals surface area (Å²) in [6.45, 7) is 9.65. The highest BCUT2D eigenvalue weighted by Crippen LogP contribution is 2.35. The Morgan fingerprint density at radius 3 is 2.73 bits per heavy atom. The molecule has 3 heterocycles. The molecule has 1 aromatic carbocycles. The smallest absolute Gasteiger partial charge is 0.410 e. The number of amides is 1. The second kappa shape index (κ2) is 8.17. The van der Waals surface area contributed by atoms with Crippen molar-refractivity contribution in [3.8, 4) is 0 Å². The van der Waals surface area contributed by atoms with E-state index in [1.54, 1.807) is 9.58 Å². The number of rotatable bonds is 2. The van der Waals surface area contributed by atoms with Crippen LogP contribution in [-0.4, -0.2) is 46.1 Å². The fourth-order valence-corrected chi connectivity index (χ4v) is 4.57. The lowest BCUT2D eigenvalue weighted by Gasteiger charge is -2.35. The second-order valence-electron chi connectivity index (χ2n) is 9.55. The molecule has 2 saturated heterocycles. The van der Waals surface area contributed by atoms with E-state index in [-0.39, 0.29) is 18.2 Å². The lowest BCUT2D eigenvalue weighted by Crippen LogP contribution is -2.42. The molecule has 0 spiro atoms. The minimum absolute atomic E-state index is 0.189. The van der Waals surface area contributed by atoms with Gasteiger partial charge in [0.05, 0.1) is 10.9 Å². The second-order valence-corrected chi connectivity index (χ2v) is 9.55. The van der Waals surface area contributed by atoms with Crippen LogP contribution in [0.4, 0.5) is 9.18 Å². The topological polar surface area (TPSA) is 56.6 Å². The van der Waals surface area contributed by atoms with E-state index in [4.69, 9.17) is 9.47 Å². The summed E-state index contributed by atoms with van der Waals surface area (Å²) < 4.78 is 27.7. The van der Waals surface area contributed by atoms with Crippen LogP contribution in [0.3, 0.4) is 0 Å². The lowest BCUT2D eigenvalue weighted by atomic mass is 9.87. The van der Waals surface area contributed by atoms with Gasteiger partial charge < -0.3 is 14.4 Å². The van der Waals surface area contributed by atoms with Gasteiger partial charge in [-0.15, -0.1) is 5.10 Å². The van der Waals surface area contributed by atoms with Gasteiger partial charge in [0.15, 0.2) is 6.23 Å². The van der Waals surface area contributed by atoms with Gasteiger partial charge in [-0.05, 0) is 83.1 Å². The lowest BCUT2D eigenvalue weighted by molar-refractivity contribution is -0.0375. The number of halogens is 1. The van der Waals surface area contributed by atoms with Crippen LogP contribution < -0.4 is 0 Å². The molecular formula is C23H32FN3O3. The minimum Gasteiger partial charge on any atom is -0.444 e. The summed E-state index contributed by atoms with van der Waals surface area (Å²) in [6, 6.07) is 3.95. The summed E-state index contributed by atoms with van der Waals surface area (Å²) >= 11 is 0. The van der Waals surface area contributed by atoms with Crippen molar-refractivity contribution >= 4 is 17.0 Å². The number of likely N-dealkylation sites (tertiary alicyclic amines) is 1. The number of nitrogens with zero attached hydrogens (tertiary/aromatic N) is 3. The Kier molecular flexibility index (Phi) is 5.75. The van der Waals surface area contributed by atoms with Crippen molar-refractivity contribution in [2.45, 2.75) is 77.5 Å². The van der Waals surface area contributed by atoms with E-state index in [1.165, 1.54) is 0 Å². The van der Waals surface area contributed by atoms with Gasteiger partial charge >= 0.3 is 6.09 Å². The van der Waals surface area contributed by atoms with Crippen molar-refractivity contribution in [3.05, 3.63) is 29.2 Å². The monoisotopic (exact) mass is 417 g/mol. The van der Waals surface area contributed by atoms with Crippen LogP contribution in [0.25, 0.3) is 10.9 Å². The van der Waals surface area contributed by atoms with Gasteiger partial charge in [-0.2, -0.15) is 4.39 Å². The fraction of sp³-hybridized carbons (Fsp3) is 0.652. The van der Waals surface area contributed by atoms with E-state index in [1.807, 2.05) is 33.8 Å². The average molecular weight is 418 g/mol. The van der Waals surface area contributed by atoms with Crippen molar-refractivity contribution in [2.75, 3.05) is 19.7 Å². The molecule has 0 saturated carbocycles. The minimum atomic E-state index is -0.511. The number of piperidine rings is 1. The van der Waals surface area contributed by atoms with Crippen molar-refractivity contribution in [1.29, 1.82) is 0 Å². The van der Waals surface area contributed by atoms with Crippen LogP contribution in [0.2, 0.25) is 0 Å². The normalized spacial score (nSPS) is 23.0. The highest BCUT2D eigenvalue weighted by molar-refractivity contribution is 5.81. The number of benzene rings is 1. The largest absolute Gasteiger partial charge is 0.444 e. The Balaban J connectivity index is 1.63. The first-order chi connectivity index (χ1) is 14.2. The molecule has 7 heteroatoms. The van der Waals surface area contributed by atoms with Gasteiger partial charge in [-0.1, -0.05) is 0 Å². The number of fused-ring (bicyclic) bond motifs is 1. The highest BCUT2D eigenvalue weighted by atomic mass is 19.1. The van der Waals surface area contributed by atoms with E-state index < -0.39 is 11.5 Å². The Bertz CT molecular complexity index is 928. The molecule has 0 bridgehead atoms. The number of ether oxygens (including phenoxy) is 2. The van der Waals surface area contributed by atoms with E-state index >= 15 is 0 Å². The number of aromatic nitrogens is 2. The maximum absolute atomic E-state index is 14.6. The van der Waals surface area contributed by atoms with Crippen LogP contribution >= 0.6 is 0 Å². The fourth-order valence-electron chi connectivity index (χ4n) is 4.57. The predicted molar refractivity (Wildman–Crippen MR) is 113 cm³/mol. The maximum atomic E-state index is 14.6. The number of hydrogen-bond donors (Lipinski definition) is 0. The van der Waals surface area contributed by atoms with Crippen LogP contribution in [0.1, 0.15) is 76.1 Å². The summed E-state index contributed by atoms with van der Waals surface area (Å²) in [5.74, 6) is -0.262. The third kappa shape index (κ3) is 4.31. The molecule has 30 heavy (non-hydrogen) atoms. The molecule has 2 atom stereocenters. The number of carbonyl (C=O) groups is 1. The van der Waals surface area contributed by atoms with Crippen LogP contribution in [0.15, 0.2) is 12.1 Å². The molecule has 2 aromatic rings. The van der Waals surface area contributed by atoms with Gasteiger partial charge in [0.25, 0.3) is 0 Å². The Morgan fingerprint density at radius 2 is 2.03 bits per heavy atom. The van der Waals surface area contributed by atoms with Gasteiger partial charge in [-0.25, -0.2) is 9.48 Å². The molecule has 1 amide bonds. The van der Waals surface area contributed by atoms with Crippen molar-refractivity contribution in [2.24, 2.45) is 0 Å². The Labute approximate surface area is 177 Å². The summed E-state index contributed by atoms with van der Waals surface area (Å²) in [4.78, 5) is 14.4. The first-order valence-electron chi connectivity index (χ1n) is 11.0. The quantitative estimate of drug-likeness (QED) is 0.666. The standard InChI is InChI=1S/C23H32FN3O3/c1-15-12-18-19(27(25-21(18)24)20-9-5-6-11-29-20)13-17(15)16-8-7-10-26(14-16)22(28)30-23(2,3)4/h12-13,16,20H,5-11,14H2,1-4H3. The molecule has 0 aliphatic carbocycles. The van der Waals surface area contributed by atoms with Crippen molar-refractivity contribution in [3.63, 3.8) is 0 Å². The van der Waals surface area contributed by atoms with Crippen LogP contribution in [0, 0.1) is 12.9 Å². The number of carbonyl (C=O) groups excluding carboxylic acids is 1. The Morgan fingerprint density at radius 1 is 1.23 bits per heavy atom. The van der Waals surface area contributed by atoms with Crippen LogP contribution in [0.5, 0.6) is 0 Å². The average Bonchev–Trinajstić information content (AvgIpc) is 3.02. The Hall–Kier alpha value is -2.15. The molecule has 0 N–H and O–H groups in total. The zero-order valence-electron chi connectivity index (χ0n) is 18.4. The zero-order valence-corrected chi connectivity index (χ0v) is 18.4. The SMILES string of the molecule is Cc1cc2c(F)nn(C3CCCCO3)c2cc1C1CCCN(C(=O)OC(C)(C)C)C1. The van der Waals surface area contributed by atoms with Gasteiger partial charge in [0.1, 0.15) is 5.60 Å². The number of aryl methyl sites for hydroxylation is 1. The molecule has 2 aliphatic heterocycles. The maximum Gasteiger partial charge on any atom is 0.410 e. The summed E-state index contributed by atoms with van der Waals surface area (Å²) in [7, 11) is 0. The first-order valence-corrected chi connectivity index (χ1v) is 11.0. The molecule has 0 radical (unpaired) electrons. The van der Waals surface area contributed by atoms with Crippen LogP contribution in [-0.2, 0) is 9.47 Å². The third-order valence-corrected chi connectivity index (χ3v) is 5.99. The molecule has 1 aromatic heterocycles. The van der Waals surface area contributed by atoms with Gasteiger partial charge in [0.2, 0.25) is 5.95 Å². The summed E-state index contributed by atoms with van der Waals surface area (Å²) in [5.41, 5.74) is 2.44. The van der Waals surface area contributed by atoms with Gasteiger partial charge in [0, 0.05) is 25.6 Å². The summed E-state index contributed by atoms with van der Waals surface area (Å²) in [6.07, 6.45) is 4.35. The molecule has 2 unspecified atom stereocenters. The zero-order chi connectivity index (χ0) is 21.5. The number of hydrogen-bond acceptors (Lipinski definition) is 4. The van der Waals surface area contributed by atoms with Gasteiger partial charge in [-0.3, -0.25) is 0 Å². The first kappa shape index (κ1) is 21.1. The van der Waals surface area contributed by atoms with Crippen molar-refractivity contribution in [1.82, 2.24) is 14.7 Å². The van der Waals surface area contributed by atoms with E-state index in [9.17, 15) is 9.18 Å². The van der Waals surface area contributed by atoms with E-state index in [0.717, 1.165) is 48.7 Å². The van der Waals surface area contributed by atoms with E-state index in [0.29, 0.717) is 25.1 Å². The summed E-state index contributed by atoms with van der Waals surface area (Å²) in [5, 5.41) is 4.70. The predicted octanol–water partition coefficient (Wildman–Crippen LogP) is 5.30. The molecule has 164 valence electrons. The molecule has 2 fully saturated rings. The molecular weight excluding hydrogens is 385 g/mol. The van der Waals surface area contributed by atoms with E-state index in [2.05, 4.69) is 11.2 Å². The molecule has 6 nitrogen and oxygen atoms in total. The molecule has 4 rings (SSSR count).